The Kier molecular flexibility index (Phi) is 5.69. The summed E-state index contributed by atoms with van der Waals surface area (Å²) >= 11 is 1.30. The molecule has 1 aliphatic rings. The molecule has 0 atom stereocenters. The molecule has 8 heteroatoms. The Labute approximate surface area is 175 Å². The maximum absolute atomic E-state index is 13.3. The Morgan fingerprint density at radius 2 is 1.60 bits per heavy atom. The number of thiazole rings is 1. The molecule has 0 radical (unpaired) electrons. The topological polar surface area (TPSA) is 54.7 Å². The predicted octanol–water partition coefficient (Wildman–Crippen LogP) is 3.64. The number of benzene rings is 2. The molecule has 0 bridgehead atoms. The Morgan fingerprint density at radius 3 is 2.20 bits per heavy atom. The quantitative estimate of drug-likeness (QED) is 0.641. The van der Waals surface area contributed by atoms with Crippen molar-refractivity contribution in [3.8, 4) is 0 Å². The van der Waals surface area contributed by atoms with Crippen LogP contribution in [0.3, 0.4) is 0 Å². The fourth-order valence-corrected chi connectivity index (χ4v) is 4.59. The zero-order valence-corrected chi connectivity index (χ0v) is 17.1. The molecule has 0 aliphatic carbocycles. The molecule has 2 aromatic carbocycles. The minimum Gasteiger partial charge on any atom is -0.298 e. The van der Waals surface area contributed by atoms with E-state index in [0.29, 0.717) is 18.5 Å². The Hall–Kier alpha value is -2.97. The van der Waals surface area contributed by atoms with Crippen LogP contribution in [0.15, 0.2) is 53.5 Å². The molecule has 4 rings (SSSR count). The van der Waals surface area contributed by atoms with E-state index in [1.165, 1.54) is 64.4 Å². The lowest BCUT2D eigenvalue weighted by Crippen LogP contribution is -2.33. The molecule has 1 amide bonds. The van der Waals surface area contributed by atoms with Crippen LogP contribution in [0.25, 0.3) is 0 Å². The first-order valence-electron chi connectivity index (χ1n) is 9.57. The molecule has 0 unspecified atom stereocenters. The summed E-state index contributed by atoms with van der Waals surface area (Å²) in [5.41, 5.74) is 1.37. The highest BCUT2D eigenvalue weighted by Crippen LogP contribution is 2.23. The standard InChI is InChI=1S/C22H19F2N3O2S/c1-2-26-12-11-18-19(13-26)30-22(25-20(28)14-3-7-16(23)8-4-14)27(18)21(29)15-5-9-17(24)10-6-15/h3-10H,2,11-13H2,1H3. The average molecular weight is 427 g/mol. The molecular formula is C22H19F2N3O2S. The second kappa shape index (κ2) is 8.41. The summed E-state index contributed by atoms with van der Waals surface area (Å²) < 4.78 is 27.9. The highest BCUT2D eigenvalue weighted by molar-refractivity contribution is 7.09. The highest BCUT2D eigenvalue weighted by Gasteiger charge is 2.25. The molecule has 1 aromatic heterocycles. The first kappa shape index (κ1) is 20.3. The molecule has 0 fully saturated rings. The Balaban J connectivity index is 1.82. The second-order valence-corrected chi connectivity index (χ2v) is 8.01. The summed E-state index contributed by atoms with van der Waals surface area (Å²) in [6.07, 6.45) is 0.646. The maximum Gasteiger partial charge on any atom is 0.279 e. The number of halogens is 2. The van der Waals surface area contributed by atoms with E-state index in [2.05, 4.69) is 16.8 Å². The fraction of sp³-hybridized carbons (Fsp3) is 0.227. The van der Waals surface area contributed by atoms with Gasteiger partial charge in [-0.2, -0.15) is 4.99 Å². The summed E-state index contributed by atoms with van der Waals surface area (Å²) in [5, 5.41) is 0. The summed E-state index contributed by atoms with van der Waals surface area (Å²) in [5.74, 6) is -1.79. The number of carbonyl (C=O) groups excluding carboxylic acids is 2. The predicted molar refractivity (Wildman–Crippen MR) is 109 cm³/mol. The first-order chi connectivity index (χ1) is 14.5. The SMILES string of the molecule is CCN1CCc2c(sc(=NC(=O)c3ccc(F)cc3)n2C(=O)c2ccc(F)cc2)C1. The van der Waals surface area contributed by atoms with Gasteiger partial charge in [-0.1, -0.05) is 18.3 Å². The van der Waals surface area contributed by atoms with E-state index in [0.717, 1.165) is 23.7 Å². The summed E-state index contributed by atoms with van der Waals surface area (Å²) in [6.45, 7) is 4.42. The number of fused-ring (bicyclic) bond motifs is 1. The summed E-state index contributed by atoms with van der Waals surface area (Å²) in [4.78, 5) is 33.6. The van der Waals surface area contributed by atoms with Gasteiger partial charge in [0, 0.05) is 41.2 Å². The van der Waals surface area contributed by atoms with Crippen LogP contribution in [-0.2, 0) is 13.0 Å². The lowest BCUT2D eigenvalue weighted by atomic mass is 10.1. The monoisotopic (exact) mass is 427 g/mol. The average Bonchev–Trinajstić information content (AvgIpc) is 3.10. The zero-order valence-electron chi connectivity index (χ0n) is 16.3. The largest absolute Gasteiger partial charge is 0.298 e. The first-order valence-corrected chi connectivity index (χ1v) is 10.4. The molecule has 0 spiro atoms. The number of rotatable bonds is 3. The minimum absolute atomic E-state index is 0.235. The van der Waals surface area contributed by atoms with Gasteiger partial charge in [-0.05, 0) is 55.1 Å². The molecular weight excluding hydrogens is 408 g/mol. The lowest BCUT2D eigenvalue weighted by Gasteiger charge is -2.25. The normalized spacial score (nSPS) is 14.6. The van der Waals surface area contributed by atoms with E-state index < -0.39 is 17.5 Å². The van der Waals surface area contributed by atoms with Gasteiger partial charge in [0.25, 0.3) is 11.8 Å². The number of hydrogen-bond acceptors (Lipinski definition) is 4. The van der Waals surface area contributed by atoms with E-state index in [9.17, 15) is 18.4 Å². The smallest absolute Gasteiger partial charge is 0.279 e. The van der Waals surface area contributed by atoms with E-state index in [4.69, 9.17) is 0 Å². The van der Waals surface area contributed by atoms with Crippen molar-refractivity contribution >= 4 is 23.2 Å². The molecule has 5 nitrogen and oxygen atoms in total. The maximum atomic E-state index is 13.3. The van der Waals surface area contributed by atoms with Gasteiger partial charge in [0.05, 0.1) is 0 Å². The number of likely N-dealkylation sites (N-methyl/N-ethyl adjacent to an activating group) is 1. The number of amides is 1. The highest BCUT2D eigenvalue weighted by atomic mass is 32.1. The van der Waals surface area contributed by atoms with Crippen molar-refractivity contribution in [2.75, 3.05) is 13.1 Å². The molecule has 0 saturated carbocycles. The van der Waals surface area contributed by atoms with Crippen molar-refractivity contribution in [2.45, 2.75) is 19.9 Å². The van der Waals surface area contributed by atoms with Crippen LogP contribution in [0.4, 0.5) is 8.78 Å². The molecule has 3 aromatic rings. The van der Waals surface area contributed by atoms with E-state index >= 15 is 0 Å². The van der Waals surface area contributed by atoms with Gasteiger partial charge >= 0.3 is 0 Å². The van der Waals surface area contributed by atoms with Crippen molar-refractivity contribution < 1.29 is 18.4 Å². The van der Waals surface area contributed by atoms with E-state index in [1.807, 2.05) is 0 Å². The molecule has 154 valence electrons. The van der Waals surface area contributed by atoms with Crippen molar-refractivity contribution in [1.29, 1.82) is 0 Å². The van der Waals surface area contributed by atoms with Gasteiger partial charge in [0.2, 0.25) is 4.80 Å². The number of hydrogen-bond donors (Lipinski definition) is 0. The molecule has 0 N–H and O–H groups in total. The van der Waals surface area contributed by atoms with E-state index in [-0.39, 0.29) is 16.3 Å². The molecule has 0 saturated heterocycles. The van der Waals surface area contributed by atoms with Gasteiger partial charge in [0.15, 0.2) is 0 Å². The Bertz CT molecular complexity index is 1160. The van der Waals surface area contributed by atoms with Crippen LogP contribution in [0.5, 0.6) is 0 Å². The zero-order chi connectivity index (χ0) is 21.3. The van der Waals surface area contributed by atoms with Crippen molar-refractivity contribution in [3.63, 3.8) is 0 Å². The Morgan fingerprint density at radius 1 is 1.00 bits per heavy atom. The van der Waals surface area contributed by atoms with Gasteiger partial charge < -0.3 is 0 Å². The lowest BCUT2D eigenvalue weighted by molar-refractivity contribution is 0.0950. The summed E-state index contributed by atoms with van der Waals surface area (Å²) in [6, 6.07) is 10.4. The molecule has 2 heterocycles. The number of carbonyl (C=O) groups is 2. The second-order valence-electron chi connectivity index (χ2n) is 6.94. The van der Waals surface area contributed by atoms with Crippen LogP contribution < -0.4 is 4.80 Å². The van der Waals surface area contributed by atoms with Gasteiger partial charge in [-0.25, -0.2) is 8.78 Å². The van der Waals surface area contributed by atoms with Gasteiger partial charge in [-0.15, -0.1) is 0 Å². The third-order valence-electron chi connectivity index (χ3n) is 5.06. The van der Waals surface area contributed by atoms with Crippen molar-refractivity contribution in [3.05, 3.63) is 86.7 Å². The van der Waals surface area contributed by atoms with Crippen LogP contribution in [-0.4, -0.2) is 34.4 Å². The van der Waals surface area contributed by atoms with Crippen molar-refractivity contribution in [1.82, 2.24) is 9.47 Å². The third-order valence-corrected chi connectivity index (χ3v) is 6.13. The minimum atomic E-state index is -0.554. The van der Waals surface area contributed by atoms with Crippen molar-refractivity contribution in [2.24, 2.45) is 4.99 Å². The molecule has 1 aliphatic heterocycles. The van der Waals surface area contributed by atoms with Gasteiger partial charge in [0.1, 0.15) is 11.6 Å². The summed E-state index contributed by atoms with van der Waals surface area (Å²) in [7, 11) is 0. The van der Waals surface area contributed by atoms with E-state index in [1.54, 1.807) is 0 Å². The van der Waals surface area contributed by atoms with Crippen LogP contribution in [0.1, 0.15) is 38.2 Å². The fourth-order valence-electron chi connectivity index (χ4n) is 3.39. The number of aromatic nitrogens is 1. The number of nitrogens with zero attached hydrogens (tertiary/aromatic N) is 3. The third kappa shape index (κ3) is 4.01. The van der Waals surface area contributed by atoms with Crippen LogP contribution >= 0.6 is 11.3 Å². The van der Waals surface area contributed by atoms with Gasteiger partial charge in [-0.3, -0.25) is 19.1 Å². The van der Waals surface area contributed by atoms with Crippen LogP contribution in [0.2, 0.25) is 0 Å². The van der Waals surface area contributed by atoms with Crippen LogP contribution in [0, 0.1) is 11.6 Å². The molecule has 30 heavy (non-hydrogen) atoms.